The summed E-state index contributed by atoms with van der Waals surface area (Å²) in [6, 6.07) is 7.52. The number of benzene rings is 1. The van der Waals surface area contributed by atoms with Gasteiger partial charge >= 0.3 is 0 Å². The molecular formula is C18H24N4O2. The molecule has 0 aliphatic rings. The maximum absolute atomic E-state index is 12.5. The van der Waals surface area contributed by atoms with Gasteiger partial charge in [-0.15, -0.1) is 0 Å². The van der Waals surface area contributed by atoms with Crippen LogP contribution in [0.2, 0.25) is 0 Å². The van der Waals surface area contributed by atoms with Crippen LogP contribution in [0.25, 0.3) is 11.3 Å². The highest BCUT2D eigenvalue weighted by atomic mass is 16.5. The average molecular weight is 328 g/mol. The first-order valence-electron chi connectivity index (χ1n) is 8.08. The second kappa shape index (κ2) is 7.77. The third-order valence-corrected chi connectivity index (χ3v) is 3.39. The molecule has 1 aromatic heterocycles. The molecule has 24 heavy (non-hydrogen) atoms. The number of nitrogens with zero attached hydrogens (tertiary/aromatic N) is 2. The van der Waals surface area contributed by atoms with E-state index in [1.165, 1.54) is 0 Å². The van der Waals surface area contributed by atoms with Crippen LogP contribution in [0, 0.1) is 12.8 Å². The molecule has 1 amide bonds. The Balaban J connectivity index is 2.58. The predicted molar refractivity (Wildman–Crippen MR) is 95.0 cm³/mol. The topological polar surface area (TPSA) is 90.1 Å². The van der Waals surface area contributed by atoms with Crippen LogP contribution in [0.4, 0.5) is 5.95 Å². The minimum atomic E-state index is -0.219. The lowest BCUT2D eigenvalue weighted by Gasteiger charge is -2.16. The summed E-state index contributed by atoms with van der Waals surface area (Å²) in [5.74, 6) is 0.977. The SMILES string of the molecule is CCNC(=O)c1c(C)nc(N)nc1-c1ccccc1OCC(C)C. The lowest BCUT2D eigenvalue weighted by molar-refractivity contribution is 0.0955. The number of carbonyl (C=O) groups excluding carboxylic acids is 1. The van der Waals surface area contributed by atoms with Gasteiger partial charge in [0.05, 0.1) is 23.6 Å². The highest BCUT2D eigenvalue weighted by Gasteiger charge is 2.21. The van der Waals surface area contributed by atoms with E-state index in [9.17, 15) is 4.79 Å². The average Bonchev–Trinajstić information content (AvgIpc) is 2.52. The van der Waals surface area contributed by atoms with E-state index in [2.05, 4.69) is 29.1 Å². The van der Waals surface area contributed by atoms with E-state index in [0.29, 0.717) is 41.8 Å². The van der Waals surface area contributed by atoms with Gasteiger partial charge in [-0.2, -0.15) is 0 Å². The van der Waals surface area contributed by atoms with Crippen LogP contribution < -0.4 is 15.8 Å². The molecule has 0 spiro atoms. The van der Waals surface area contributed by atoms with Gasteiger partial charge in [0, 0.05) is 12.1 Å². The van der Waals surface area contributed by atoms with Gasteiger partial charge in [0.25, 0.3) is 5.91 Å². The highest BCUT2D eigenvalue weighted by molar-refractivity contribution is 6.01. The lowest BCUT2D eigenvalue weighted by atomic mass is 10.0. The van der Waals surface area contributed by atoms with Crippen LogP contribution in [0.1, 0.15) is 36.8 Å². The van der Waals surface area contributed by atoms with Crippen molar-refractivity contribution in [2.45, 2.75) is 27.7 Å². The van der Waals surface area contributed by atoms with Gasteiger partial charge in [-0.3, -0.25) is 4.79 Å². The summed E-state index contributed by atoms with van der Waals surface area (Å²) < 4.78 is 5.89. The van der Waals surface area contributed by atoms with E-state index in [1.807, 2.05) is 31.2 Å². The van der Waals surface area contributed by atoms with E-state index in [-0.39, 0.29) is 11.9 Å². The summed E-state index contributed by atoms with van der Waals surface area (Å²) in [6.07, 6.45) is 0. The van der Waals surface area contributed by atoms with Gasteiger partial charge in [0.15, 0.2) is 0 Å². The molecule has 6 nitrogen and oxygen atoms in total. The summed E-state index contributed by atoms with van der Waals surface area (Å²) in [7, 11) is 0. The van der Waals surface area contributed by atoms with E-state index < -0.39 is 0 Å². The fourth-order valence-corrected chi connectivity index (χ4v) is 2.35. The summed E-state index contributed by atoms with van der Waals surface area (Å²) in [6.45, 7) is 8.88. The number of amides is 1. The molecule has 0 radical (unpaired) electrons. The Morgan fingerprint density at radius 3 is 2.67 bits per heavy atom. The normalized spacial score (nSPS) is 10.7. The van der Waals surface area contributed by atoms with Crippen molar-refractivity contribution in [3.8, 4) is 17.0 Å². The van der Waals surface area contributed by atoms with Crippen LogP contribution in [0.3, 0.4) is 0 Å². The molecular weight excluding hydrogens is 304 g/mol. The first-order valence-corrected chi connectivity index (χ1v) is 8.08. The second-order valence-corrected chi connectivity index (χ2v) is 5.95. The smallest absolute Gasteiger partial charge is 0.255 e. The first kappa shape index (κ1) is 17.7. The molecule has 0 saturated heterocycles. The van der Waals surface area contributed by atoms with Gasteiger partial charge in [0.2, 0.25) is 5.95 Å². The number of nitrogens with one attached hydrogen (secondary N) is 1. The van der Waals surface area contributed by atoms with Crippen LogP contribution in [-0.4, -0.2) is 29.0 Å². The largest absolute Gasteiger partial charge is 0.493 e. The summed E-state index contributed by atoms with van der Waals surface area (Å²) in [5.41, 5.74) is 8.01. The van der Waals surface area contributed by atoms with Gasteiger partial charge < -0.3 is 15.8 Å². The number of para-hydroxylation sites is 1. The lowest BCUT2D eigenvalue weighted by Crippen LogP contribution is -2.25. The molecule has 0 fully saturated rings. The zero-order valence-electron chi connectivity index (χ0n) is 14.6. The monoisotopic (exact) mass is 328 g/mol. The van der Waals surface area contributed by atoms with Crippen molar-refractivity contribution in [1.29, 1.82) is 0 Å². The zero-order chi connectivity index (χ0) is 17.7. The van der Waals surface area contributed by atoms with Crippen LogP contribution >= 0.6 is 0 Å². The Hall–Kier alpha value is -2.63. The summed E-state index contributed by atoms with van der Waals surface area (Å²) in [4.78, 5) is 20.9. The Morgan fingerprint density at radius 1 is 1.29 bits per heavy atom. The van der Waals surface area contributed by atoms with Gasteiger partial charge in [-0.1, -0.05) is 26.0 Å². The molecule has 2 aromatic rings. The first-order chi connectivity index (χ1) is 11.4. The highest BCUT2D eigenvalue weighted by Crippen LogP contribution is 2.32. The number of carbonyl (C=O) groups is 1. The van der Waals surface area contributed by atoms with Gasteiger partial charge in [-0.05, 0) is 31.9 Å². The number of aryl methyl sites for hydroxylation is 1. The molecule has 0 aliphatic heterocycles. The quantitative estimate of drug-likeness (QED) is 0.851. The predicted octanol–water partition coefficient (Wildman–Crippen LogP) is 2.82. The van der Waals surface area contributed by atoms with Crippen LogP contribution in [0.15, 0.2) is 24.3 Å². The molecule has 0 unspecified atom stereocenters. The fourth-order valence-electron chi connectivity index (χ4n) is 2.35. The Labute approximate surface area is 142 Å². The molecule has 3 N–H and O–H groups in total. The summed E-state index contributed by atoms with van der Waals surface area (Å²) in [5, 5.41) is 2.80. The zero-order valence-corrected chi connectivity index (χ0v) is 14.6. The summed E-state index contributed by atoms with van der Waals surface area (Å²) >= 11 is 0. The fraction of sp³-hybridized carbons (Fsp3) is 0.389. The van der Waals surface area contributed by atoms with Crippen molar-refractivity contribution in [2.24, 2.45) is 5.92 Å². The number of rotatable bonds is 6. The standard InChI is InChI=1S/C18H24N4O2/c1-5-20-17(23)15-12(4)21-18(19)22-16(15)13-8-6-7-9-14(13)24-10-11(2)3/h6-9,11H,5,10H2,1-4H3,(H,20,23)(H2,19,21,22). The number of hydrogen-bond acceptors (Lipinski definition) is 5. The Kier molecular flexibility index (Phi) is 5.73. The van der Waals surface area contributed by atoms with Crippen molar-refractivity contribution < 1.29 is 9.53 Å². The minimum Gasteiger partial charge on any atom is -0.493 e. The van der Waals surface area contributed by atoms with E-state index in [0.717, 1.165) is 5.56 Å². The van der Waals surface area contributed by atoms with E-state index >= 15 is 0 Å². The molecule has 0 bridgehead atoms. The van der Waals surface area contributed by atoms with Crippen molar-refractivity contribution >= 4 is 11.9 Å². The molecule has 0 aliphatic carbocycles. The van der Waals surface area contributed by atoms with Gasteiger partial charge in [0.1, 0.15) is 5.75 Å². The second-order valence-electron chi connectivity index (χ2n) is 5.95. The number of hydrogen-bond donors (Lipinski definition) is 2. The molecule has 0 atom stereocenters. The van der Waals surface area contributed by atoms with Crippen LogP contribution in [0.5, 0.6) is 5.75 Å². The van der Waals surface area contributed by atoms with Crippen molar-refractivity contribution in [3.05, 3.63) is 35.5 Å². The molecule has 1 aromatic carbocycles. The molecule has 6 heteroatoms. The molecule has 2 rings (SSSR count). The number of ether oxygens (including phenoxy) is 1. The number of nitrogens with two attached hydrogens (primary N) is 1. The van der Waals surface area contributed by atoms with Crippen molar-refractivity contribution in [1.82, 2.24) is 15.3 Å². The minimum absolute atomic E-state index is 0.134. The Bertz CT molecular complexity index is 729. The van der Waals surface area contributed by atoms with E-state index in [4.69, 9.17) is 10.5 Å². The van der Waals surface area contributed by atoms with Crippen molar-refractivity contribution in [3.63, 3.8) is 0 Å². The number of aromatic nitrogens is 2. The maximum Gasteiger partial charge on any atom is 0.255 e. The van der Waals surface area contributed by atoms with Crippen LogP contribution in [-0.2, 0) is 0 Å². The maximum atomic E-state index is 12.5. The molecule has 128 valence electrons. The number of nitrogen functional groups attached to an aromatic ring is 1. The molecule has 1 heterocycles. The van der Waals surface area contributed by atoms with Gasteiger partial charge in [-0.25, -0.2) is 9.97 Å². The Morgan fingerprint density at radius 2 is 2.00 bits per heavy atom. The third kappa shape index (κ3) is 4.01. The third-order valence-electron chi connectivity index (χ3n) is 3.39. The van der Waals surface area contributed by atoms with Crippen molar-refractivity contribution in [2.75, 3.05) is 18.9 Å². The number of anilines is 1. The van der Waals surface area contributed by atoms with E-state index in [1.54, 1.807) is 6.92 Å². The molecule has 0 saturated carbocycles.